The molecule has 1 amide bonds. The van der Waals surface area contributed by atoms with Gasteiger partial charge in [-0.05, 0) is 57.4 Å². The van der Waals surface area contributed by atoms with Gasteiger partial charge in [-0.1, -0.05) is 0 Å². The number of carbonyl (C=O) groups excluding carboxylic acids is 1. The molecule has 2 rings (SSSR count). The fourth-order valence-electron chi connectivity index (χ4n) is 2.38. The zero-order valence-corrected chi connectivity index (χ0v) is 12.2. The molecule has 0 saturated heterocycles. The molecule has 1 aromatic rings. The monoisotopic (exact) mass is 283 g/mol. The van der Waals surface area contributed by atoms with Crippen LogP contribution in [0.4, 0.5) is 13.6 Å². The number of benzene rings is 1. The van der Waals surface area contributed by atoms with Gasteiger partial charge in [0.2, 0.25) is 0 Å². The molecule has 20 heavy (non-hydrogen) atoms. The van der Waals surface area contributed by atoms with Gasteiger partial charge in [0, 0.05) is 6.54 Å². The highest BCUT2D eigenvalue weighted by atomic mass is 19.2. The summed E-state index contributed by atoms with van der Waals surface area (Å²) < 4.78 is 31.9. The summed E-state index contributed by atoms with van der Waals surface area (Å²) in [5.41, 5.74) is 0.808. The minimum absolute atomic E-state index is 0.330. The zero-order chi connectivity index (χ0) is 15.1. The third kappa shape index (κ3) is 2.92. The molecule has 1 aliphatic heterocycles. The van der Waals surface area contributed by atoms with E-state index in [4.69, 9.17) is 4.74 Å². The van der Waals surface area contributed by atoms with Crippen LogP contribution in [0, 0.1) is 11.6 Å². The zero-order valence-electron chi connectivity index (χ0n) is 12.2. The Morgan fingerprint density at radius 3 is 2.50 bits per heavy atom. The van der Waals surface area contributed by atoms with Crippen LogP contribution in [0.3, 0.4) is 0 Å². The Hall–Kier alpha value is -1.65. The van der Waals surface area contributed by atoms with Gasteiger partial charge in [-0.25, -0.2) is 13.6 Å². The van der Waals surface area contributed by atoms with E-state index in [2.05, 4.69) is 0 Å². The Balaban J connectivity index is 2.25. The Morgan fingerprint density at radius 1 is 1.30 bits per heavy atom. The molecule has 0 bridgehead atoms. The van der Waals surface area contributed by atoms with Crippen LogP contribution in [0.1, 0.15) is 44.9 Å². The van der Waals surface area contributed by atoms with Crippen molar-refractivity contribution in [3.05, 3.63) is 34.9 Å². The highest BCUT2D eigenvalue weighted by molar-refractivity contribution is 5.69. The Bertz CT molecular complexity index is 537. The van der Waals surface area contributed by atoms with Crippen molar-refractivity contribution >= 4 is 6.09 Å². The SMILES string of the molecule is C[C@@H]1c2cc(F)c(F)cc2CCN1C(=O)OC(C)(C)C. The minimum Gasteiger partial charge on any atom is -0.444 e. The van der Waals surface area contributed by atoms with Gasteiger partial charge in [-0.2, -0.15) is 0 Å². The summed E-state index contributed by atoms with van der Waals surface area (Å²) in [5, 5.41) is 0. The van der Waals surface area contributed by atoms with Crippen LogP contribution >= 0.6 is 0 Å². The molecular formula is C15H19F2NO2. The Morgan fingerprint density at radius 2 is 1.90 bits per heavy atom. The van der Waals surface area contributed by atoms with Gasteiger partial charge in [0.05, 0.1) is 6.04 Å². The van der Waals surface area contributed by atoms with Crippen LogP contribution in [0.2, 0.25) is 0 Å². The third-order valence-corrected chi connectivity index (χ3v) is 3.35. The number of hydrogen-bond acceptors (Lipinski definition) is 2. The molecule has 1 aromatic carbocycles. The first-order valence-electron chi connectivity index (χ1n) is 6.66. The highest BCUT2D eigenvalue weighted by Crippen LogP contribution is 2.31. The number of amides is 1. The van der Waals surface area contributed by atoms with Crippen LogP contribution in [-0.2, 0) is 11.2 Å². The summed E-state index contributed by atoms with van der Waals surface area (Å²) in [6.07, 6.45) is 0.0659. The molecule has 0 saturated carbocycles. The number of nitrogens with zero attached hydrogens (tertiary/aromatic N) is 1. The summed E-state index contributed by atoms with van der Waals surface area (Å²) in [6, 6.07) is 2.06. The standard InChI is InChI=1S/C15H19F2NO2/c1-9-11-8-13(17)12(16)7-10(11)5-6-18(9)14(19)20-15(2,3)4/h7-9H,5-6H2,1-4H3/t9-/m1/s1. The molecular weight excluding hydrogens is 264 g/mol. The molecule has 0 unspecified atom stereocenters. The van der Waals surface area contributed by atoms with Crippen molar-refractivity contribution < 1.29 is 18.3 Å². The minimum atomic E-state index is -0.887. The molecule has 0 spiro atoms. The van der Waals surface area contributed by atoms with Crippen molar-refractivity contribution in [2.75, 3.05) is 6.54 Å². The number of carbonyl (C=O) groups is 1. The number of fused-ring (bicyclic) bond motifs is 1. The van der Waals surface area contributed by atoms with E-state index in [0.717, 1.165) is 5.56 Å². The van der Waals surface area contributed by atoms with Gasteiger partial charge in [-0.15, -0.1) is 0 Å². The van der Waals surface area contributed by atoms with Crippen LogP contribution in [0.5, 0.6) is 0 Å². The largest absolute Gasteiger partial charge is 0.444 e. The molecule has 1 heterocycles. The summed E-state index contributed by atoms with van der Waals surface area (Å²) in [6.45, 7) is 7.61. The maximum Gasteiger partial charge on any atom is 0.410 e. The molecule has 110 valence electrons. The molecule has 1 atom stereocenters. The maximum absolute atomic E-state index is 13.4. The maximum atomic E-state index is 13.4. The first kappa shape index (κ1) is 14.8. The van der Waals surface area contributed by atoms with E-state index < -0.39 is 23.3 Å². The first-order valence-corrected chi connectivity index (χ1v) is 6.66. The average molecular weight is 283 g/mol. The first-order chi connectivity index (χ1) is 9.19. The van der Waals surface area contributed by atoms with Crippen molar-refractivity contribution in [3.63, 3.8) is 0 Å². The van der Waals surface area contributed by atoms with Crippen LogP contribution in [0.25, 0.3) is 0 Å². The Labute approximate surface area is 117 Å². The van der Waals surface area contributed by atoms with E-state index in [1.54, 1.807) is 32.6 Å². The van der Waals surface area contributed by atoms with Crippen LogP contribution in [0.15, 0.2) is 12.1 Å². The molecule has 0 aromatic heterocycles. The lowest BCUT2D eigenvalue weighted by Gasteiger charge is -2.36. The van der Waals surface area contributed by atoms with Crippen molar-refractivity contribution in [2.24, 2.45) is 0 Å². The van der Waals surface area contributed by atoms with E-state index in [1.165, 1.54) is 12.1 Å². The van der Waals surface area contributed by atoms with Gasteiger partial charge in [0.15, 0.2) is 11.6 Å². The number of hydrogen-bond donors (Lipinski definition) is 0. The number of rotatable bonds is 0. The van der Waals surface area contributed by atoms with Crippen molar-refractivity contribution in [1.82, 2.24) is 4.90 Å². The van der Waals surface area contributed by atoms with Gasteiger partial charge in [-0.3, -0.25) is 0 Å². The molecule has 5 heteroatoms. The molecule has 3 nitrogen and oxygen atoms in total. The molecule has 0 fully saturated rings. The lowest BCUT2D eigenvalue weighted by molar-refractivity contribution is 0.0159. The van der Waals surface area contributed by atoms with Gasteiger partial charge in [0.1, 0.15) is 5.60 Å². The van der Waals surface area contributed by atoms with Crippen molar-refractivity contribution in [1.29, 1.82) is 0 Å². The van der Waals surface area contributed by atoms with E-state index in [-0.39, 0.29) is 6.04 Å². The van der Waals surface area contributed by atoms with E-state index in [1.807, 2.05) is 0 Å². The topological polar surface area (TPSA) is 29.5 Å². The predicted octanol–water partition coefficient (Wildman–Crippen LogP) is 3.82. The number of ether oxygens (including phenoxy) is 1. The molecule has 0 N–H and O–H groups in total. The normalized spacial score (nSPS) is 18.7. The quantitative estimate of drug-likeness (QED) is 0.724. The summed E-state index contributed by atoms with van der Waals surface area (Å²) >= 11 is 0. The predicted molar refractivity (Wildman–Crippen MR) is 71.4 cm³/mol. The fraction of sp³-hybridized carbons (Fsp3) is 0.533. The third-order valence-electron chi connectivity index (χ3n) is 3.35. The van der Waals surface area contributed by atoms with Crippen LogP contribution in [-0.4, -0.2) is 23.1 Å². The van der Waals surface area contributed by atoms with Gasteiger partial charge < -0.3 is 9.64 Å². The van der Waals surface area contributed by atoms with E-state index >= 15 is 0 Å². The van der Waals surface area contributed by atoms with Crippen molar-refractivity contribution in [3.8, 4) is 0 Å². The summed E-state index contributed by atoms with van der Waals surface area (Å²) in [7, 11) is 0. The lowest BCUT2D eigenvalue weighted by atomic mass is 9.93. The molecule has 0 radical (unpaired) electrons. The highest BCUT2D eigenvalue weighted by Gasteiger charge is 2.31. The van der Waals surface area contributed by atoms with Gasteiger partial charge in [0.25, 0.3) is 0 Å². The lowest BCUT2D eigenvalue weighted by Crippen LogP contribution is -2.42. The summed E-state index contributed by atoms with van der Waals surface area (Å²) in [4.78, 5) is 13.7. The smallest absolute Gasteiger partial charge is 0.410 e. The second-order valence-electron chi connectivity index (χ2n) is 6.06. The fourth-order valence-corrected chi connectivity index (χ4v) is 2.38. The van der Waals surface area contributed by atoms with E-state index in [0.29, 0.717) is 18.5 Å². The van der Waals surface area contributed by atoms with E-state index in [9.17, 15) is 13.6 Å². The number of halogens is 2. The molecule has 0 aliphatic carbocycles. The average Bonchev–Trinajstić information content (AvgIpc) is 2.30. The summed E-state index contributed by atoms with van der Waals surface area (Å²) in [5.74, 6) is -1.73. The molecule has 1 aliphatic rings. The van der Waals surface area contributed by atoms with Gasteiger partial charge >= 0.3 is 6.09 Å². The second kappa shape index (κ2) is 5.04. The second-order valence-corrected chi connectivity index (χ2v) is 6.06. The van der Waals surface area contributed by atoms with Crippen LogP contribution < -0.4 is 0 Å². The van der Waals surface area contributed by atoms with Crippen molar-refractivity contribution in [2.45, 2.75) is 45.8 Å². The Kier molecular flexibility index (Phi) is 3.71.